The van der Waals surface area contributed by atoms with E-state index in [9.17, 15) is 4.79 Å². The predicted molar refractivity (Wildman–Crippen MR) is 90.8 cm³/mol. The molecule has 1 fully saturated rings. The Kier molecular flexibility index (Phi) is 6.74. The Balaban J connectivity index is 0.000000220. The topological polar surface area (TPSA) is 93.4 Å². The van der Waals surface area contributed by atoms with Crippen LogP contribution in [0.1, 0.15) is 46.2 Å². The minimum atomic E-state index is -0.356. The number of rotatable bonds is 3. The number of H-pyrrole nitrogens is 1. The van der Waals surface area contributed by atoms with Crippen LogP contribution in [0.5, 0.6) is 0 Å². The molecular weight excluding hydrogens is 280 g/mol. The second-order valence-corrected chi connectivity index (χ2v) is 5.93. The molecule has 2 heterocycles. The zero-order chi connectivity index (χ0) is 16.9. The Morgan fingerprint density at radius 2 is 2.00 bits per heavy atom. The number of aromatic nitrogens is 2. The van der Waals surface area contributed by atoms with E-state index in [1.807, 2.05) is 0 Å². The summed E-state index contributed by atoms with van der Waals surface area (Å²) in [5, 5.41) is 0. The van der Waals surface area contributed by atoms with Crippen LogP contribution in [0.2, 0.25) is 0 Å². The van der Waals surface area contributed by atoms with Crippen molar-refractivity contribution in [3.63, 3.8) is 0 Å². The summed E-state index contributed by atoms with van der Waals surface area (Å²) in [6.07, 6.45) is 3.48. The highest BCUT2D eigenvalue weighted by Gasteiger charge is 2.35. The van der Waals surface area contributed by atoms with Crippen LogP contribution in [0.25, 0.3) is 0 Å². The monoisotopic (exact) mass is 308 g/mol. The quantitative estimate of drug-likeness (QED) is 0.840. The van der Waals surface area contributed by atoms with Crippen molar-refractivity contribution in [3.8, 4) is 0 Å². The molecule has 4 atom stereocenters. The Labute approximate surface area is 132 Å². The number of nitrogens with zero attached hydrogens (tertiary/aromatic N) is 2. The van der Waals surface area contributed by atoms with Crippen molar-refractivity contribution in [1.82, 2.24) is 9.97 Å². The molecule has 0 unspecified atom stereocenters. The van der Waals surface area contributed by atoms with Crippen LogP contribution in [0.4, 0.5) is 11.6 Å². The van der Waals surface area contributed by atoms with Crippen LogP contribution in [-0.2, 0) is 4.74 Å². The number of aromatic amines is 1. The van der Waals surface area contributed by atoms with E-state index in [2.05, 4.69) is 49.4 Å². The van der Waals surface area contributed by atoms with Gasteiger partial charge in [0.25, 0.3) is 5.56 Å². The molecule has 6 nitrogen and oxygen atoms in total. The lowest BCUT2D eigenvalue weighted by Gasteiger charge is -2.14. The highest BCUT2D eigenvalue weighted by Crippen LogP contribution is 2.33. The lowest BCUT2D eigenvalue weighted by atomic mass is 9.89. The summed E-state index contributed by atoms with van der Waals surface area (Å²) in [6, 6.07) is 0. The molecule has 1 saturated heterocycles. The van der Waals surface area contributed by atoms with Gasteiger partial charge in [-0.05, 0) is 38.8 Å². The first-order valence-corrected chi connectivity index (χ1v) is 7.80. The van der Waals surface area contributed by atoms with E-state index >= 15 is 0 Å². The molecule has 0 saturated carbocycles. The van der Waals surface area contributed by atoms with Gasteiger partial charge in [0.2, 0.25) is 5.95 Å². The van der Waals surface area contributed by atoms with Crippen LogP contribution in [-0.4, -0.2) is 28.9 Å². The molecule has 0 bridgehead atoms. The smallest absolute Gasteiger partial charge is 0.278 e. The number of nitrogens with two attached hydrogens (primary N) is 1. The number of nitrogens with one attached hydrogen (secondary N) is 1. The van der Waals surface area contributed by atoms with Gasteiger partial charge >= 0.3 is 0 Å². The molecule has 3 N–H and O–H groups in total. The van der Waals surface area contributed by atoms with Crippen LogP contribution in [0.3, 0.4) is 0 Å². The van der Waals surface area contributed by atoms with Crippen LogP contribution in [0.15, 0.2) is 9.79 Å². The number of hydrogen-bond acceptors (Lipinski definition) is 5. The highest BCUT2D eigenvalue weighted by molar-refractivity contribution is 5.47. The third-order valence-electron chi connectivity index (χ3n) is 4.36. The van der Waals surface area contributed by atoms with Gasteiger partial charge in [0, 0.05) is 0 Å². The summed E-state index contributed by atoms with van der Waals surface area (Å²) < 4.78 is 5.83. The first-order chi connectivity index (χ1) is 10.3. The average molecular weight is 308 g/mol. The van der Waals surface area contributed by atoms with Crippen molar-refractivity contribution in [2.45, 2.75) is 59.7 Å². The van der Waals surface area contributed by atoms with Crippen molar-refractivity contribution < 1.29 is 4.74 Å². The van der Waals surface area contributed by atoms with Crippen LogP contribution >= 0.6 is 0 Å². The van der Waals surface area contributed by atoms with E-state index in [0.29, 0.717) is 17.9 Å². The fraction of sp³-hybridized carbons (Fsp3) is 0.688. The van der Waals surface area contributed by atoms with Gasteiger partial charge in [-0.1, -0.05) is 27.2 Å². The molecule has 6 heteroatoms. The van der Waals surface area contributed by atoms with Crippen molar-refractivity contribution in [2.75, 3.05) is 5.73 Å². The molecule has 2 rings (SSSR count). The maximum atomic E-state index is 11.0. The third kappa shape index (κ3) is 4.40. The van der Waals surface area contributed by atoms with E-state index in [-0.39, 0.29) is 17.2 Å². The van der Waals surface area contributed by atoms with Crippen molar-refractivity contribution in [3.05, 3.63) is 16.0 Å². The number of aliphatic imine (C=N–C) groups is 1. The first-order valence-electron chi connectivity index (χ1n) is 7.80. The molecule has 22 heavy (non-hydrogen) atoms. The van der Waals surface area contributed by atoms with Gasteiger partial charge in [0.15, 0.2) is 0 Å². The maximum Gasteiger partial charge on any atom is 0.278 e. The van der Waals surface area contributed by atoms with Crippen molar-refractivity contribution >= 4 is 18.4 Å². The molecule has 0 aromatic carbocycles. The zero-order valence-corrected chi connectivity index (χ0v) is 14.2. The molecule has 0 amide bonds. The second kappa shape index (κ2) is 8.08. The molecule has 124 valence electrons. The lowest BCUT2D eigenvalue weighted by molar-refractivity contribution is 0.0360. The minimum Gasteiger partial charge on any atom is -0.375 e. The van der Waals surface area contributed by atoms with Gasteiger partial charge in [-0.2, -0.15) is 0 Å². The summed E-state index contributed by atoms with van der Waals surface area (Å²) in [5.41, 5.74) is 5.61. The zero-order valence-electron chi connectivity index (χ0n) is 14.2. The number of nitrogen functional groups attached to an aromatic ring is 1. The number of aryl methyl sites for hydroxylation is 1. The van der Waals surface area contributed by atoms with E-state index in [1.54, 1.807) is 6.92 Å². The van der Waals surface area contributed by atoms with Crippen molar-refractivity contribution in [2.24, 2.45) is 16.8 Å². The SMILES string of the molecule is C=Nc1c(C)nc(N)[nH]c1=O.CCC[C@@H]1O[C@H](C)[C@@H](C)[C@H]1C. The Hall–Kier alpha value is -1.69. The van der Waals surface area contributed by atoms with Crippen LogP contribution in [0, 0.1) is 18.8 Å². The largest absolute Gasteiger partial charge is 0.375 e. The summed E-state index contributed by atoms with van der Waals surface area (Å²) in [6.45, 7) is 13.9. The van der Waals surface area contributed by atoms with Gasteiger partial charge in [-0.25, -0.2) is 4.98 Å². The maximum absolute atomic E-state index is 11.0. The lowest BCUT2D eigenvalue weighted by Crippen LogP contribution is -2.15. The first kappa shape index (κ1) is 18.4. The summed E-state index contributed by atoms with van der Waals surface area (Å²) in [4.78, 5) is 20.6. The van der Waals surface area contributed by atoms with E-state index in [4.69, 9.17) is 10.5 Å². The Morgan fingerprint density at radius 1 is 1.36 bits per heavy atom. The summed E-state index contributed by atoms with van der Waals surface area (Å²) >= 11 is 0. The normalized spacial score (nSPS) is 27.1. The molecule has 0 aliphatic carbocycles. The van der Waals surface area contributed by atoms with Gasteiger partial charge in [0.05, 0.1) is 17.9 Å². The van der Waals surface area contributed by atoms with Gasteiger partial charge < -0.3 is 10.5 Å². The molecule has 1 aliphatic heterocycles. The highest BCUT2D eigenvalue weighted by atomic mass is 16.5. The predicted octanol–water partition coefficient (Wildman–Crippen LogP) is 2.84. The van der Waals surface area contributed by atoms with E-state index < -0.39 is 0 Å². The fourth-order valence-corrected chi connectivity index (χ4v) is 2.69. The van der Waals surface area contributed by atoms with Crippen molar-refractivity contribution in [1.29, 1.82) is 0 Å². The van der Waals surface area contributed by atoms with Gasteiger partial charge in [-0.3, -0.25) is 14.8 Å². The van der Waals surface area contributed by atoms with E-state index in [0.717, 1.165) is 11.8 Å². The fourth-order valence-electron chi connectivity index (χ4n) is 2.69. The molecule has 1 aliphatic rings. The Morgan fingerprint density at radius 3 is 2.41 bits per heavy atom. The second-order valence-electron chi connectivity index (χ2n) is 5.93. The molecular formula is C16H28N4O2. The molecule has 0 radical (unpaired) electrons. The minimum absolute atomic E-state index is 0.0971. The number of ether oxygens (including phenoxy) is 1. The molecule has 1 aromatic heterocycles. The number of hydrogen-bond donors (Lipinski definition) is 2. The van der Waals surface area contributed by atoms with Crippen LogP contribution < -0.4 is 11.3 Å². The third-order valence-corrected chi connectivity index (χ3v) is 4.36. The summed E-state index contributed by atoms with van der Waals surface area (Å²) in [7, 11) is 0. The number of anilines is 1. The van der Waals surface area contributed by atoms with E-state index in [1.165, 1.54) is 12.8 Å². The Bertz CT molecular complexity index is 556. The standard InChI is InChI=1S/C10H20O.C6H8N4O/c1-5-6-10-8(3)7(2)9(4)11-10;1-3-4(8-2)5(11)10-6(7)9-3/h7-10H,5-6H2,1-4H3;2H2,1H3,(H3,7,9,10,11)/t7-,8+,9+,10-;/m0./s1. The van der Waals surface area contributed by atoms with Gasteiger partial charge in [0.1, 0.15) is 5.69 Å². The molecule has 0 spiro atoms. The average Bonchev–Trinajstić information content (AvgIpc) is 2.67. The van der Waals surface area contributed by atoms with Gasteiger partial charge in [-0.15, -0.1) is 0 Å². The summed E-state index contributed by atoms with van der Waals surface area (Å²) in [5.74, 6) is 1.59. The molecule has 1 aromatic rings.